The molecule has 1 aliphatic rings. The molecule has 30 heavy (non-hydrogen) atoms. The van der Waals surface area contributed by atoms with Crippen molar-refractivity contribution >= 4 is 29.2 Å². The van der Waals surface area contributed by atoms with Crippen molar-refractivity contribution < 1.29 is 14.4 Å². The van der Waals surface area contributed by atoms with E-state index in [-0.39, 0.29) is 30.3 Å². The Kier molecular flexibility index (Phi) is 7.06. The number of benzene rings is 2. The van der Waals surface area contributed by atoms with E-state index in [1.165, 1.54) is 4.90 Å². The third-order valence-electron chi connectivity index (χ3n) is 5.14. The smallest absolute Gasteiger partial charge is 0.321 e. The van der Waals surface area contributed by atoms with Gasteiger partial charge in [-0.05, 0) is 49.6 Å². The van der Waals surface area contributed by atoms with Gasteiger partial charge in [-0.3, -0.25) is 9.59 Å². The fourth-order valence-corrected chi connectivity index (χ4v) is 3.62. The molecule has 7 heteroatoms. The largest absolute Gasteiger partial charge is 0.336 e. The molecule has 1 saturated heterocycles. The lowest BCUT2D eigenvalue weighted by atomic mass is 9.97. The van der Waals surface area contributed by atoms with Gasteiger partial charge < -0.3 is 20.4 Å². The van der Waals surface area contributed by atoms with E-state index in [9.17, 15) is 14.4 Å². The Labute approximate surface area is 177 Å². The summed E-state index contributed by atoms with van der Waals surface area (Å²) in [7, 11) is 1.62. The fourth-order valence-electron chi connectivity index (χ4n) is 3.62. The SMILES string of the molecule is Cc1cccc(NC(=O)N2CCCC(C(=O)N(C)CC(=O)Nc3ccccc3)C2)c1. The van der Waals surface area contributed by atoms with E-state index in [0.29, 0.717) is 25.2 Å². The van der Waals surface area contributed by atoms with E-state index < -0.39 is 0 Å². The molecule has 7 nitrogen and oxygen atoms in total. The molecule has 2 N–H and O–H groups in total. The second-order valence-corrected chi connectivity index (χ2v) is 7.69. The zero-order valence-electron chi connectivity index (χ0n) is 17.4. The Morgan fingerprint density at radius 3 is 2.50 bits per heavy atom. The van der Waals surface area contributed by atoms with E-state index >= 15 is 0 Å². The standard InChI is InChI=1S/C23H28N4O3/c1-17-8-6-12-20(14-17)25-23(30)27-13-7-9-18(15-27)22(29)26(2)16-21(28)24-19-10-4-3-5-11-19/h3-6,8,10-12,14,18H,7,9,13,15-16H2,1-2H3,(H,24,28)(H,25,30). The van der Waals surface area contributed by atoms with Crippen LogP contribution in [0.5, 0.6) is 0 Å². The number of nitrogens with zero attached hydrogens (tertiary/aromatic N) is 2. The molecule has 4 amide bonds. The number of carbonyl (C=O) groups is 3. The highest BCUT2D eigenvalue weighted by molar-refractivity contribution is 5.95. The third-order valence-corrected chi connectivity index (χ3v) is 5.14. The van der Waals surface area contributed by atoms with Crippen LogP contribution in [-0.2, 0) is 9.59 Å². The molecule has 2 aromatic rings. The van der Waals surface area contributed by atoms with Crippen LogP contribution in [0.15, 0.2) is 54.6 Å². The van der Waals surface area contributed by atoms with Gasteiger partial charge in [0.25, 0.3) is 0 Å². The molecule has 0 spiro atoms. The number of likely N-dealkylation sites (tertiary alicyclic amines) is 1. The molecule has 0 saturated carbocycles. The van der Waals surface area contributed by atoms with Gasteiger partial charge in [0, 0.05) is 31.5 Å². The van der Waals surface area contributed by atoms with Gasteiger partial charge in [-0.15, -0.1) is 0 Å². The molecular formula is C23H28N4O3. The predicted octanol–water partition coefficient (Wildman–Crippen LogP) is 3.34. The van der Waals surface area contributed by atoms with Crippen molar-refractivity contribution in [3.05, 3.63) is 60.2 Å². The van der Waals surface area contributed by atoms with E-state index in [4.69, 9.17) is 0 Å². The minimum Gasteiger partial charge on any atom is -0.336 e. The van der Waals surface area contributed by atoms with Crippen LogP contribution in [0.1, 0.15) is 18.4 Å². The number of hydrogen-bond donors (Lipinski definition) is 2. The van der Waals surface area contributed by atoms with Gasteiger partial charge in [0.2, 0.25) is 11.8 Å². The number of rotatable bonds is 5. The highest BCUT2D eigenvalue weighted by atomic mass is 16.2. The topological polar surface area (TPSA) is 81.8 Å². The summed E-state index contributed by atoms with van der Waals surface area (Å²) >= 11 is 0. The van der Waals surface area contributed by atoms with Crippen LogP contribution in [0.2, 0.25) is 0 Å². The summed E-state index contributed by atoms with van der Waals surface area (Å²) in [6.45, 7) is 2.90. The van der Waals surface area contributed by atoms with Crippen LogP contribution in [0.4, 0.5) is 16.2 Å². The zero-order chi connectivity index (χ0) is 21.5. The molecule has 2 aromatic carbocycles. The lowest BCUT2D eigenvalue weighted by Gasteiger charge is -2.33. The summed E-state index contributed by atoms with van der Waals surface area (Å²) in [5.74, 6) is -0.676. The Bertz CT molecular complexity index is 900. The predicted molar refractivity (Wildman–Crippen MR) is 117 cm³/mol. The molecule has 1 fully saturated rings. The second-order valence-electron chi connectivity index (χ2n) is 7.69. The number of aryl methyl sites for hydroxylation is 1. The first-order valence-electron chi connectivity index (χ1n) is 10.1. The average Bonchev–Trinajstić information content (AvgIpc) is 2.74. The Hall–Kier alpha value is -3.35. The lowest BCUT2D eigenvalue weighted by Crippen LogP contribution is -2.48. The van der Waals surface area contributed by atoms with Crippen molar-refractivity contribution in [1.82, 2.24) is 9.80 Å². The quantitative estimate of drug-likeness (QED) is 0.796. The summed E-state index contributed by atoms with van der Waals surface area (Å²) in [5.41, 5.74) is 2.50. The van der Waals surface area contributed by atoms with E-state index in [1.54, 1.807) is 24.1 Å². The minimum atomic E-state index is -0.309. The highest BCUT2D eigenvalue weighted by Crippen LogP contribution is 2.20. The maximum Gasteiger partial charge on any atom is 0.321 e. The minimum absolute atomic E-state index is 0.0281. The fraction of sp³-hybridized carbons (Fsp3) is 0.348. The number of likely N-dealkylation sites (N-methyl/N-ethyl adjacent to an activating group) is 1. The molecule has 3 rings (SSSR count). The molecule has 1 heterocycles. The van der Waals surface area contributed by atoms with Crippen molar-refractivity contribution in [1.29, 1.82) is 0 Å². The van der Waals surface area contributed by atoms with Crippen molar-refractivity contribution in [2.75, 3.05) is 37.3 Å². The summed E-state index contributed by atoms with van der Waals surface area (Å²) in [6, 6.07) is 16.5. The summed E-state index contributed by atoms with van der Waals surface area (Å²) in [6.07, 6.45) is 1.46. The van der Waals surface area contributed by atoms with E-state index in [1.807, 2.05) is 49.4 Å². The molecule has 0 aromatic heterocycles. The Morgan fingerprint density at radius 2 is 1.77 bits per heavy atom. The van der Waals surface area contributed by atoms with Gasteiger partial charge >= 0.3 is 6.03 Å². The monoisotopic (exact) mass is 408 g/mol. The first kappa shape index (κ1) is 21.4. The van der Waals surface area contributed by atoms with Crippen molar-refractivity contribution in [2.24, 2.45) is 5.92 Å². The van der Waals surface area contributed by atoms with Crippen molar-refractivity contribution in [2.45, 2.75) is 19.8 Å². The Morgan fingerprint density at radius 1 is 1.03 bits per heavy atom. The number of nitrogens with one attached hydrogen (secondary N) is 2. The average molecular weight is 409 g/mol. The number of carbonyl (C=O) groups excluding carboxylic acids is 3. The molecular weight excluding hydrogens is 380 g/mol. The third kappa shape index (κ3) is 5.83. The van der Waals surface area contributed by atoms with Crippen LogP contribution in [0.25, 0.3) is 0 Å². The number of para-hydroxylation sites is 1. The first-order valence-corrected chi connectivity index (χ1v) is 10.1. The molecule has 0 bridgehead atoms. The number of piperidine rings is 1. The summed E-state index contributed by atoms with van der Waals surface area (Å²) in [4.78, 5) is 40.8. The molecule has 0 aliphatic carbocycles. The van der Waals surface area contributed by atoms with Crippen molar-refractivity contribution in [3.63, 3.8) is 0 Å². The maximum absolute atomic E-state index is 12.8. The van der Waals surface area contributed by atoms with Gasteiger partial charge in [-0.25, -0.2) is 4.79 Å². The van der Waals surface area contributed by atoms with Gasteiger partial charge in [0.15, 0.2) is 0 Å². The first-order chi connectivity index (χ1) is 14.4. The van der Waals surface area contributed by atoms with Crippen LogP contribution >= 0.6 is 0 Å². The zero-order valence-corrected chi connectivity index (χ0v) is 17.4. The van der Waals surface area contributed by atoms with Crippen LogP contribution in [0, 0.1) is 12.8 Å². The van der Waals surface area contributed by atoms with Gasteiger partial charge in [0.1, 0.15) is 0 Å². The highest BCUT2D eigenvalue weighted by Gasteiger charge is 2.30. The lowest BCUT2D eigenvalue weighted by molar-refractivity contribution is -0.138. The summed E-state index contributed by atoms with van der Waals surface area (Å²) < 4.78 is 0. The number of amides is 4. The maximum atomic E-state index is 12.8. The van der Waals surface area contributed by atoms with E-state index in [2.05, 4.69) is 10.6 Å². The molecule has 158 valence electrons. The molecule has 1 unspecified atom stereocenters. The van der Waals surface area contributed by atoms with Crippen LogP contribution in [-0.4, -0.2) is 54.3 Å². The molecule has 0 radical (unpaired) electrons. The van der Waals surface area contributed by atoms with E-state index in [0.717, 1.165) is 17.7 Å². The van der Waals surface area contributed by atoms with Crippen LogP contribution in [0.3, 0.4) is 0 Å². The summed E-state index contributed by atoms with van der Waals surface area (Å²) in [5, 5.41) is 5.68. The second kappa shape index (κ2) is 9.91. The number of anilines is 2. The molecule has 1 aliphatic heterocycles. The number of urea groups is 1. The Balaban J connectivity index is 1.52. The number of hydrogen-bond acceptors (Lipinski definition) is 3. The van der Waals surface area contributed by atoms with Gasteiger partial charge in [-0.1, -0.05) is 30.3 Å². The molecule has 1 atom stereocenters. The van der Waals surface area contributed by atoms with Gasteiger partial charge in [0.05, 0.1) is 12.5 Å². The normalized spacial score (nSPS) is 15.9. The van der Waals surface area contributed by atoms with Crippen molar-refractivity contribution in [3.8, 4) is 0 Å². The van der Waals surface area contributed by atoms with Gasteiger partial charge in [-0.2, -0.15) is 0 Å². The van der Waals surface area contributed by atoms with Crippen LogP contribution < -0.4 is 10.6 Å².